The third-order valence-corrected chi connectivity index (χ3v) is 3.64. The van der Waals surface area contributed by atoms with E-state index in [4.69, 9.17) is 17.3 Å². The third-order valence-electron chi connectivity index (χ3n) is 2.22. The summed E-state index contributed by atoms with van der Waals surface area (Å²) in [5.41, 5.74) is 7.59. The predicted octanol–water partition coefficient (Wildman–Crippen LogP) is 4.16. The molecule has 0 radical (unpaired) electrons. The van der Waals surface area contributed by atoms with Crippen molar-refractivity contribution in [2.75, 3.05) is 5.73 Å². The first-order valence-corrected chi connectivity index (χ1v) is 6.32. The van der Waals surface area contributed by atoms with Crippen LogP contribution in [0.4, 0.5) is 5.69 Å². The lowest BCUT2D eigenvalue weighted by atomic mass is 10.2. The number of rotatable bonds is 3. The van der Waals surface area contributed by atoms with Crippen molar-refractivity contribution in [3.63, 3.8) is 0 Å². The van der Waals surface area contributed by atoms with Crippen LogP contribution in [-0.4, -0.2) is 0 Å². The number of nitrogen functional groups attached to an aromatic ring is 1. The van der Waals surface area contributed by atoms with Gasteiger partial charge in [-0.25, -0.2) is 0 Å². The van der Waals surface area contributed by atoms with Crippen molar-refractivity contribution in [1.29, 1.82) is 0 Å². The lowest BCUT2D eigenvalue weighted by molar-refractivity contribution is 1.25. The van der Waals surface area contributed by atoms with Crippen LogP contribution in [0.25, 0.3) is 0 Å². The summed E-state index contributed by atoms with van der Waals surface area (Å²) in [7, 11) is 0. The summed E-state index contributed by atoms with van der Waals surface area (Å²) in [5, 5.41) is 0. The highest BCUT2D eigenvalue weighted by Crippen LogP contribution is 2.31. The summed E-state index contributed by atoms with van der Waals surface area (Å²) >= 11 is 7.60. The highest BCUT2D eigenvalue weighted by Gasteiger charge is 2.02. The van der Waals surface area contributed by atoms with Gasteiger partial charge in [-0.15, -0.1) is 11.6 Å². The molecule has 82 valence electrons. The summed E-state index contributed by atoms with van der Waals surface area (Å²) in [6.45, 7) is 0. The maximum atomic E-state index is 5.89. The molecule has 3 heteroatoms. The molecule has 0 aliphatic rings. The van der Waals surface area contributed by atoms with Crippen LogP contribution >= 0.6 is 23.4 Å². The maximum absolute atomic E-state index is 5.89. The van der Waals surface area contributed by atoms with Gasteiger partial charge in [0.05, 0.1) is 0 Å². The van der Waals surface area contributed by atoms with Gasteiger partial charge in [0.15, 0.2) is 0 Å². The molecule has 0 aromatic heterocycles. The summed E-state index contributed by atoms with van der Waals surface area (Å²) in [6, 6.07) is 16.0. The van der Waals surface area contributed by atoms with Gasteiger partial charge in [-0.05, 0) is 35.9 Å². The van der Waals surface area contributed by atoms with E-state index in [0.717, 1.165) is 11.3 Å². The fourth-order valence-corrected chi connectivity index (χ4v) is 2.63. The zero-order valence-corrected chi connectivity index (χ0v) is 10.3. The minimum absolute atomic E-state index is 0.540. The highest BCUT2D eigenvalue weighted by atomic mass is 35.5. The molecule has 2 aromatic carbocycles. The van der Waals surface area contributed by atoms with Crippen molar-refractivity contribution in [3.05, 3.63) is 54.1 Å². The van der Waals surface area contributed by atoms with Crippen LogP contribution in [0, 0.1) is 0 Å². The van der Waals surface area contributed by atoms with E-state index in [1.54, 1.807) is 11.8 Å². The Kier molecular flexibility index (Phi) is 3.75. The van der Waals surface area contributed by atoms with E-state index in [1.165, 1.54) is 9.79 Å². The van der Waals surface area contributed by atoms with Crippen LogP contribution in [-0.2, 0) is 5.88 Å². The van der Waals surface area contributed by atoms with E-state index in [9.17, 15) is 0 Å². The number of halogens is 1. The van der Waals surface area contributed by atoms with E-state index >= 15 is 0 Å². The molecule has 0 atom stereocenters. The molecule has 0 bridgehead atoms. The van der Waals surface area contributed by atoms with Gasteiger partial charge in [-0.1, -0.05) is 30.0 Å². The number of anilines is 1. The van der Waals surface area contributed by atoms with Crippen molar-refractivity contribution in [2.24, 2.45) is 0 Å². The minimum atomic E-state index is 0.540. The first kappa shape index (κ1) is 11.4. The second kappa shape index (κ2) is 5.28. The Bertz CT molecular complexity index is 468. The highest BCUT2D eigenvalue weighted by molar-refractivity contribution is 7.99. The van der Waals surface area contributed by atoms with Crippen LogP contribution < -0.4 is 5.73 Å². The van der Waals surface area contributed by atoms with Gasteiger partial charge in [-0.2, -0.15) is 0 Å². The zero-order valence-electron chi connectivity index (χ0n) is 8.69. The van der Waals surface area contributed by atoms with Gasteiger partial charge < -0.3 is 5.73 Å². The van der Waals surface area contributed by atoms with E-state index in [0.29, 0.717) is 5.88 Å². The van der Waals surface area contributed by atoms with Crippen LogP contribution in [0.1, 0.15) is 5.56 Å². The molecule has 16 heavy (non-hydrogen) atoms. The van der Waals surface area contributed by atoms with Crippen molar-refractivity contribution in [1.82, 2.24) is 0 Å². The van der Waals surface area contributed by atoms with Gasteiger partial charge in [0, 0.05) is 21.4 Å². The number of hydrogen-bond donors (Lipinski definition) is 1. The molecule has 2 rings (SSSR count). The first-order valence-electron chi connectivity index (χ1n) is 4.97. The van der Waals surface area contributed by atoms with Crippen molar-refractivity contribution in [2.45, 2.75) is 15.7 Å². The first-order chi connectivity index (χ1) is 7.79. The van der Waals surface area contributed by atoms with Crippen LogP contribution in [0.5, 0.6) is 0 Å². The standard InChI is InChI=1S/C13H12ClNS/c14-9-10-3-1-2-4-13(10)16-12-7-5-11(15)6-8-12/h1-8H,9,15H2. The molecular formula is C13H12ClNS. The molecule has 0 spiro atoms. The van der Waals surface area contributed by atoms with E-state index in [1.807, 2.05) is 42.5 Å². The van der Waals surface area contributed by atoms with Gasteiger partial charge in [0.1, 0.15) is 0 Å². The fourth-order valence-electron chi connectivity index (χ4n) is 1.38. The molecule has 0 saturated carbocycles. The maximum Gasteiger partial charge on any atom is 0.0485 e. The van der Waals surface area contributed by atoms with Crippen LogP contribution in [0.15, 0.2) is 58.3 Å². The molecule has 0 heterocycles. The normalized spacial score (nSPS) is 10.3. The Labute approximate surface area is 105 Å². The smallest absolute Gasteiger partial charge is 0.0485 e. The van der Waals surface area contributed by atoms with Gasteiger partial charge in [-0.3, -0.25) is 0 Å². The largest absolute Gasteiger partial charge is 0.399 e. The lowest BCUT2D eigenvalue weighted by Gasteiger charge is -2.06. The molecule has 1 nitrogen and oxygen atoms in total. The monoisotopic (exact) mass is 249 g/mol. The number of benzene rings is 2. The van der Waals surface area contributed by atoms with E-state index in [2.05, 4.69) is 6.07 Å². The Morgan fingerprint density at radius 2 is 1.69 bits per heavy atom. The average molecular weight is 250 g/mol. The topological polar surface area (TPSA) is 26.0 Å². The van der Waals surface area contributed by atoms with Gasteiger partial charge in [0.25, 0.3) is 0 Å². The molecule has 0 unspecified atom stereocenters. The molecule has 2 aromatic rings. The van der Waals surface area contributed by atoms with Crippen LogP contribution in [0.3, 0.4) is 0 Å². The average Bonchev–Trinajstić information content (AvgIpc) is 2.33. The molecule has 0 fully saturated rings. The molecule has 2 N–H and O–H groups in total. The zero-order chi connectivity index (χ0) is 11.4. The van der Waals surface area contributed by atoms with E-state index in [-0.39, 0.29) is 0 Å². The molecule has 0 amide bonds. The predicted molar refractivity (Wildman–Crippen MR) is 71.0 cm³/mol. The quantitative estimate of drug-likeness (QED) is 0.653. The number of alkyl halides is 1. The molecule has 0 aliphatic carbocycles. The van der Waals surface area contributed by atoms with Gasteiger partial charge >= 0.3 is 0 Å². The van der Waals surface area contributed by atoms with Crippen LogP contribution in [0.2, 0.25) is 0 Å². The van der Waals surface area contributed by atoms with Crippen molar-refractivity contribution in [3.8, 4) is 0 Å². The Hall–Kier alpha value is -1.12. The van der Waals surface area contributed by atoms with Crippen molar-refractivity contribution < 1.29 is 0 Å². The van der Waals surface area contributed by atoms with Crippen molar-refractivity contribution >= 4 is 29.1 Å². The fraction of sp³-hybridized carbons (Fsp3) is 0.0769. The van der Waals surface area contributed by atoms with Gasteiger partial charge in [0.2, 0.25) is 0 Å². The Morgan fingerprint density at radius 1 is 1.00 bits per heavy atom. The van der Waals surface area contributed by atoms with E-state index < -0.39 is 0 Å². The minimum Gasteiger partial charge on any atom is -0.399 e. The summed E-state index contributed by atoms with van der Waals surface area (Å²) in [6.07, 6.45) is 0. The SMILES string of the molecule is Nc1ccc(Sc2ccccc2CCl)cc1. The summed E-state index contributed by atoms with van der Waals surface area (Å²) < 4.78 is 0. The second-order valence-corrected chi connectivity index (χ2v) is 4.80. The number of hydrogen-bond acceptors (Lipinski definition) is 2. The molecular weight excluding hydrogens is 238 g/mol. The number of nitrogens with two attached hydrogens (primary N) is 1. The lowest BCUT2D eigenvalue weighted by Crippen LogP contribution is -1.84. The third kappa shape index (κ3) is 2.71. The summed E-state index contributed by atoms with van der Waals surface area (Å²) in [4.78, 5) is 2.37. The molecule has 0 saturated heterocycles. The molecule has 0 aliphatic heterocycles. The Morgan fingerprint density at radius 3 is 2.38 bits per heavy atom. The Balaban J connectivity index is 2.23. The second-order valence-electron chi connectivity index (χ2n) is 3.41. The summed E-state index contributed by atoms with van der Waals surface area (Å²) in [5.74, 6) is 0.540.